The third kappa shape index (κ3) is 2.88. The van der Waals surface area contributed by atoms with E-state index < -0.39 is 8.07 Å². The second kappa shape index (κ2) is 4.79. The highest BCUT2D eigenvalue weighted by Gasteiger charge is 2.42. The van der Waals surface area contributed by atoms with Crippen molar-refractivity contribution in [2.24, 2.45) is 0 Å². The van der Waals surface area contributed by atoms with Crippen LogP contribution < -0.4 is 0 Å². The van der Waals surface area contributed by atoms with Gasteiger partial charge >= 0.3 is 0 Å². The van der Waals surface area contributed by atoms with Crippen LogP contribution in [-0.4, -0.2) is 13.2 Å². The van der Waals surface area contributed by atoms with E-state index in [1.54, 1.807) is 0 Å². The molecule has 0 fully saturated rings. The topological polar surface area (TPSA) is 20.2 Å². The van der Waals surface area contributed by atoms with Crippen LogP contribution in [-0.2, 0) is 0 Å². The maximum Gasteiger partial charge on any atom is 0.0922 e. The molecule has 1 rings (SSSR count). The summed E-state index contributed by atoms with van der Waals surface area (Å²) < 4.78 is 0. The summed E-state index contributed by atoms with van der Waals surface area (Å²) in [6.45, 7) is 14.9. The fourth-order valence-corrected chi connectivity index (χ4v) is 3.49. The molecular weight excluding hydrogens is 224 g/mol. The molecular formula is C15H24OSi. The van der Waals surface area contributed by atoms with Gasteiger partial charge in [0, 0.05) is 0 Å². The molecule has 0 aromatic heterocycles. The lowest BCUT2D eigenvalue weighted by Crippen LogP contribution is -2.44. The van der Waals surface area contributed by atoms with Crippen LogP contribution in [0, 0.1) is 0 Å². The zero-order valence-electron chi connectivity index (χ0n) is 11.6. The first-order valence-electron chi connectivity index (χ1n) is 6.10. The molecule has 0 aliphatic heterocycles. The van der Waals surface area contributed by atoms with Crippen LogP contribution in [0.5, 0.6) is 0 Å². The second-order valence-electron chi connectivity index (χ2n) is 6.25. The Morgan fingerprint density at radius 2 is 1.65 bits per heavy atom. The smallest absolute Gasteiger partial charge is 0.0922 e. The van der Waals surface area contributed by atoms with E-state index in [0.29, 0.717) is 0 Å². The SMILES string of the molecule is C=Cc1ccc(C(O)[Si](C)(C)C(C)(C)C)cc1. The van der Waals surface area contributed by atoms with Crippen molar-refractivity contribution in [1.29, 1.82) is 0 Å². The molecule has 0 amide bonds. The van der Waals surface area contributed by atoms with Gasteiger partial charge in [-0.15, -0.1) is 0 Å². The van der Waals surface area contributed by atoms with E-state index in [2.05, 4.69) is 40.4 Å². The van der Waals surface area contributed by atoms with Crippen molar-refractivity contribution >= 4 is 14.1 Å². The van der Waals surface area contributed by atoms with Gasteiger partial charge in [0.1, 0.15) is 0 Å². The van der Waals surface area contributed by atoms with Crippen molar-refractivity contribution in [3.63, 3.8) is 0 Å². The summed E-state index contributed by atoms with van der Waals surface area (Å²) in [5, 5.41) is 10.8. The fourth-order valence-electron chi connectivity index (χ4n) is 1.64. The standard InChI is InChI=1S/C15H24OSi/c1-7-12-8-10-13(11-9-12)14(16)17(5,6)15(2,3)4/h7-11,14,16H,1H2,2-6H3. The molecule has 2 heteroatoms. The van der Waals surface area contributed by atoms with Crippen LogP contribution in [0.1, 0.15) is 37.6 Å². The molecule has 0 aliphatic carbocycles. The molecule has 0 saturated heterocycles. The maximum absolute atomic E-state index is 10.6. The Bertz CT molecular complexity index is 384. The normalized spacial score (nSPS) is 14.5. The van der Waals surface area contributed by atoms with Gasteiger partial charge in [0.2, 0.25) is 0 Å². The number of hydrogen-bond acceptors (Lipinski definition) is 1. The Labute approximate surface area is 106 Å². The average Bonchev–Trinajstić information content (AvgIpc) is 2.26. The van der Waals surface area contributed by atoms with Crippen molar-refractivity contribution in [1.82, 2.24) is 0 Å². The molecule has 1 aromatic rings. The van der Waals surface area contributed by atoms with Gasteiger partial charge in [0.25, 0.3) is 0 Å². The predicted octanol–water partition coefficient (Wildman–Crippen LogP) is 4.41. The number of aliphatic hydroxyl groups is 1. The van der Waals surface area contributed by atoms with E-state index in [1.165, 1.54) is 0 Å². The highest BCUT2D eigenvalue weighted by Crippen LogP contribution is 2.43. The van der Waals surface area contributed by atoms with Crippen molar-refractivity contribution < 1.29 is 5.11 Å². The second-order valence-corrected chi connectivity index (χ2v) is 11.7. The van der Waals surface area contributed by atoms with Crippen LogP contribution in [0.25, 0.3) is 6.08 Å². The lowest BCUT2D eigenvalue weighted by atomic mass is 10.1. The number of hydrogen-bond donors (Lipinski definition) is 1. The van der Waals surface area contributed by atoms with Gasteiger partial charge in [-0.05, 0) is 16.2 Å². The molecule has 1 unspecified atom stereocenters. The third-order valence-corrected chi connectivity index (χ3v) is 9.67. The monoisotopic (exact) mass is 248 g/mol. The quantitative estimate of drug-likeness (QED) is 0.786. The number of aliphatic hydroxyl groups excluding tert-OH is 1. The van der Waals surface area contributed by atoms with Gasteiger partial charge in [-0.1, -0.05) is 70.8 Å². The highest BCUT2D eigenvalue weighted by atomic mass is 28.3. The summed E-state index contributed by atoms with van der Waals surface area (Å²) in [5.41, 5.74) is 1.81. The van der Waals surface area contributed by atoms with Crippen molar-refractivity contribution in [3.05, 3.63) is 42.0 Å². The number of benzene rings is 1. The van der Waals surface area contributed by atoms with E-state index in [1.807, 2.05) is 30.3 Å². The first-order valence-corrected chi connectivity index (χ1v) is 9.18. The minimum atomic E-state index is -1.75. The van der Waals surface area contributed by atoms with Crippen LogP contribution in [0.2, 0.25) is 18.1 Å². The molecule has 17 heavy (non-hydrogen) atoms. The molecule has 0 aliphatic rings. The Hall–Kier alpha value is -0.863. The lowest BCUT2D eigenvalue weighted by molar-refractivity contribution is 0.243. The van der Waals surface area contributed by atoms with Crippen LogP contribution >= 0.6 is 0 Å². The minimum absolute atomic E-state index is 0.184. The molecule has 1 nitrogen and oxygen atoms in total. The van der Waals surface area contributed by atoms with Crippen LogP contribution in [0.3, 0.4) is 0 Å². The maximum atomic E-state index is 10.6. The summed E-state index contributed by atoms with van der Waals surface area (Å²) in [5.74, 6) is 0. The van der Waals surface area contributed by atoms with Gasteiger partial charge in [0.15, 0.2) is 0 Å². The minimum Gasteiger partial charge on any atom is -0.392 e. The summed E-state index contributed by atoms with van der Waals surface area (Å²) in [6, 6.07) is 8.06. The predicted molar refractivity (Wildman–Crippen MR) is 78.7 cm³/mol. The zero-order chi connectivity index (χ0) is 13.3. The zero-order valence-corrected chi connectivity index (χ0v) is 12.6. The first kappa shape index (κ1) is 14.2. The largest absolute Gasteiger partial charge is 0.392 e. The van der Waals surface area contributed by atoms with E-state index >= 15 is 0 Å². The average molecular weight is 248 g/mol. The Kier molecular flexibility index (Phi) is 4.00. The molecule has 1 N–H and O–H groups in total. The molecule has 0 heterocycles. The Morgan fingerprint density at radius 3 is 2.00 bits per heavy atom. The molecule has 1 aromatic carbocycles. The van der Waals surface area contributed by atoms with E-state index in [-0.39, 0.29) is 10.8 Å². The molecule has 0 bridgehead atoms. The molecule has 1 atom stereocenters. The Balaban J connectivity index is 3.03. The molecule has 0 radical (unpaired) electrons. The van der Waals surface area contributed by atoms with E-state index in [9.17, 15) is 5.11 Å². The van der Waals surface area contributed by atoms with Crippen molar-refractivity contribution in [2.45, 2.75) is 44.6 Å². The van der Waals surface area contributed by atoms with Gasteiger partial charge in [0.05, 0.1) is 13.8 Å². The summed E-state index contributed by atoms with van der Waals surface area (Å²) in [7, 11) is -1.75. The lowest BCUT2D eigenvalue weighted by Gasteiger charge is -2.40. The van der Waals surface area contributed by atoms with Gasteiger partial charge in [-0.2, -0.15) is 0 Å². The van der Waals surface area contributed by atoms with E-state index in [0.717, 1.165) is 11.1 Å². The molecule has 0 spiro atoms. The summed E-state index contributed by atoms with van der Waals surface area (Å²) in [6.07, 6.45) is 1.82. The highest BCUT2D eigenvalue weighted by molar-refractivity contribution is 6.81. The molecule has 0 saturated carbocycles. The van der Waals surface area contributed by atoms with Crippen molar-refractivity contribution in [3.8, 4) is 0 Å². The summed E-state index contributed by atoms with van der Waals surface area (Å²) in [4.78, 5) is 0. The van der Waals surface area contributed by atoms with Gasteiger partial charge in [-0.25, -0.2) is 0 Å². The van der Waals surface area contributed by atoms with E-state index in [4.69, 9.17) is 0 Å². The molecule has 94 valence electrons. The first-order chi connectivity index (χ1) is 7.70. The van der Waals surface area contributed by atoms with Gasteiger partial charge in [-0.3, -0.25) is 0 Å². The third-order valence-electron chi connectivity index (χ3n) is 4.10. The van der Waals surface area contributed by atoms with Crippen LogP contribution in [0.4, 0.5) is 0 Å². The van der Waals surface area contributed by atoms with Crippen LogP contribution in [0.15, 0.2) is 30.8 Å². The number of rotatable bonds is 3. The summed E-state index contributed by atoms with van der Waals surface area (Å²) >= 11 is 0. The Morgan fingerprint density at radius 1 is 1.18 bits per heavy atom. The van der Waals surface area contributed by atoms with Gasteiger partial charge < -0.3 is 5.11 Å². The van der Waals surface area contributed by atoms with Crippen molar-refractivity contribution in [2.75, 3.05) is 0 Å². The fraction of sp³-hybridized carbons (Fsp3) is 0.467.